The molecule has 86 valence electrons. The lowest BCUT2D eigenvalue weighted by molar-refractivity contribution is -0.671. The van der Waals surface area contributed by atoms with E-state index < -0.39 is 0 Å². The van der Waals surface area contributed by atoms with Crippen molar-refractivity contribution in [3.63, 3.8) is 0 Å². The van der Waals surface area contributed by atoms with Crippen LogP contribution in [0.4, 0.5) is 0 Å². The first-order chi connectivity index (χ1) is 7.84. The van der Waals surface area contributed by atoms with Crippen LogP contribution in [-0.2, 0) is 7.05 Å². The maximum absolute atomic E-state index is 5.53. The molecular formula is C14H12INO. The second kappa shape index (κ2) is 4.87. The second-order valence-electron chi connectivity index (χ2n) is 3.90. The molecule has 0 aliphatic carbocycles. The summed E-state index contributed by atoms with van der Waals surface area (Å²) in [6.45, 7) is 0. The zero-order valence-corrected chi connectivity index (χ0v) is 11.6. The molecule has 0 unspecified atom stereocenters. The van der Waals surface area contributed by atoms with Crippen molar-refractivity contribution in [2.45, 2.75) is 0 Å². The van der Waals surface area contributed by atoms with Crippen molar-refractivity contribution in [1.82, 2.24) is 0 Å². The predicted molar refractivity (Wildman–Crippen MR) is 62.8 cm³/mol. The minimum Gasteiger partial charge on any atom is -1.00 e. The molecule has 2 heterocycles. The van der Waals surface area contributed by atoms with Gasteiger partial charge in [-0.1, -0.05) is 18.2 Å². The van der Waals surface area contributed by atoms with Gasteiger partial charge in [0.1, 0.15) is 12.6 Å². The Kier molecular flexibility index (Phi) is 3.47. The van der Waals surface area contributed by atoms with Gasteiger partial charge in [0.15, 0.2) is 12.4 Å². The maximum atomic E-state index is 5.53. The largest absolute Gasteiger partial charge is 1.00 e. The third kappa shape index (κ3) is 2.20. The molecule has 0 saturated heterocycles. The van der Waals surface area contributed by atoms with Crippen LogP contribution in [0.1, 0.15) is 0 Å². The first-order valence-corrected chi connectivity index (χ1v) is 5.26. The Bertz CT molecular complexity index is 628. The topological polar surface area (TPSA) is 17.0 Å². The first kappa shape index (κ1) is 12.1. The number of halogens is 1. The molecule has 3 heteroatoms. The fourth-order valence-electron chi connectivity index (χ4n) is 1.88. The summed E-state index contributed by atoms with van der Waals surface area (Å²) in [6.07, 6.45) is 5.90. The highest BCUT2D eigenvalue weighted by atomic mass is 127. The smallest absolute Gasteiger partial charge is 0.169 e. The standard InChI is InChI=1S/C14H12NO.HI/c1-15-8-6-11(7-9-15)13-10-16-14-5-3-2-4-12(13)14;/h2-10H,1H3;1H/q+1;/p-1. The molecule has 0 N–H and O–H groups in total. The van der Waals surface area contributed by atoms with E-state index in [1.54, 1.807) is 0 Å². The summed E-state index contributed by atoms with van der Waals surface area (Å²) >= 11 is 0. The summed E-state index contributed by atoms with van der Waals surface area (Å²) in [5, 5.41) is 1.16. The lowest BCUT2D eigenvalue weighted by Gasteiger charge is -1.96. The highest BCUT2D eigenvalue weighted by molar-refractivity contribution is 5.93. The summed E-state index contributed by atoms with van der Waals surface area (Å²) in [5.74, 6) is 0. The molecule has 0 spiro atoms. The average molecular weight is 337 g/mol. The van der Waals surface area contributed by atoms with Gasteiger partial charge in [0.25, 0.3) is 0 Å². The molecule has 17 heavy (non-hydrogen) atoms. The number of hydrogen-bond donors (Lipinski definition) is 0. The number of para-hydroxylation sites is 1. The van der Waals surface area contributed by atoms with Gasteiger partial charge >= 0.3 is 0 Å². The molecule has 0 atom stereocenters. The highest BCUT2D eigenvalue weighted by Crippen LogP contribution is 2.29. The number of pyridine rings is 1. The molecule has 0 aliphatic heterocycles. The van der Waals surface area contributed by atoms with E-state index in [2.05, 4.69) is 18.2 Å². The van der Waals surface area contributed by atoms with E-state index in [9.17, 15) is 0 Å². The van der Waals surface area contributed by atoms with E-state index in [4.69, 9.17) is 4.42 Å². The van der Waals surface area contributed by atoms with Crippen molar-refractivity contribution >= 4 is 11.0 Å². The summed E-state index contributed by atoms with van der Waals surface area (Å²) in [7, 11) is 2.01. The van der Waals surface area contributed by atoms with Crippen LogP contribution in [0.3, 0.4) is 0 Å². The normalized spacial score (nSPS) is 10.2. The van der Waals surface area contributed by atoms with Gasteiger partial charge in [0.2, 0.25) is 0 Å². The number of aromatic nitrogens is 1. The van der Waals surface area contributed by atoms with Crippen molar-refractivity contribution in [1.29, 1.82) is 0 Å². The average Bonchev–Trinajstić information content (AvgIpc) is 2.74. The summed E-state index contributed by atoms with van der Waals surface area (Å²) < 4.78 is 7.55. The molecule has 0 aliphatic rings. The van der Waals surface area contributed by atoms with Gasteiger partial charge in [-0.25, -0.2) is 4.57 Å². The van der Waals surface area contributed by atoms with Crippen LogP contribution in [0, 0.1) is 0 Å². The van der Waals surface area contributed by atoms with Crippen molar-refractivity contribution in [2.24, 2.45) is 7.05 Å². The van der Waals surface area contributed by atoms with E-state index in [-0.39, 0.29) is 24.0 Å². The van der Waals surface area contributed by atoms with E-state index in [1.807, 2.05) is 48.5 Å². The van der Waals surface area contributed by atoms with Gasteiger partial charge in [-0.05, 0) is 11.6 Å². The number of fused-ring (bicyclic) bond motifs is 1. The van der Waals surface area contributed by atoms with Crippen LogP contribution in [0.5, 0.6) is 0 Å². The van der Waals surface area contributed by atoms with Crippen molar-refractivity contribution in [3.8, 4) is 11.1 Å². The van der Waals surface area contributed by atoms with Gasteiger partial charge in [-0.3, -0.25) is 0 Å². The first-order valence-electron chi connectivity index (χ1n) is 5.26. The molecule has 0 saturated carbocycles. The SMILES string of the molecule is C[n+]1ccc(-c2coc3ccccc23)cc1.[I-]. The third-order valence-electron chi connectivity index (χ3n) is 2.77. The Labute approximate surface area is 117 Å². The van der Waals surface area contributed by atoms with E-state index in [0.29, 0.717) is 0 Å². The molecule has 1 aromatic carbocycles. The Morgan fingerprint density at radius 2 is 1.71 bits per heavy atom. The summed E-state index contributed by atoms with van der Waals surface area (Å²) in [6, 6.07) is 12.3. The number of aryl methyl sites for hydroxylation is 1. The van der Waals surface area contributed by atoms with E-state index >= 15 is 0 Å². The summed E-state index contributed by atoms with van der Waals surface area (Å²) in [5.41, 5.74) is 3.27. The van der Waals surface area contributed by atoms with E-state index in [0.717, 1.165) is 16.5 Å². The fourth-order valence-corrected chi connectivity index (χ4v) is 1.88. The number of furan rings is 1. The predicted octanol–water partition coefficient (Wildman–Crippen LogP) is -0.0717. The molecule has 0 radical (unpaired) electrons. The van der Waals surface area contributed by atoms with Crippen molar-refractivity contribution in [3.05, 3.63) is 55.1 Å². The quantitative estimate of drug-likeness (QED) is 0.449. The molecule has 0 amide bonds. The Balaban J connectivity index is 0.00000108. The van der Waals surface area contributed by atoms with Crippen molar-refractivity contribution in [2.75, 3.05) is 0 Å². The Morgan fingerprint density at radius 3 is 2.47 bits per heavy atom. The number of nitrogens with zero attached hydrogens (tertiary/aromatic N) is 1. The van der Waals surface area contributed by atoms with Crippen LogP contribution in [-0.4, -0.2) is 0 Å². The van der Waals surface area contributed by atoms with Gasteiger partial charge < -0.3 is 28.4 Å². The lowest BCUT2D eigenvalue weighted by atomic mass is 10.1. The summed E-state index contributed by atoms with van der Waals surface area (Å²) in [4.78, 5) is 0. The van der Waals surface area contributed by atoms with Crippen LogP contribution in [0.15, 0.2) is 59.5 Å². The number of rotatable bonds is 1. The van der Waals surface area contributed by atoms with Gasteiger partial charge in [-0.2, -0.15) is 0 Å². The van der Waals surface area contributed by atoms with Gasteiger partial charge in [0, 0.05) is 23.1 Å². The van der Waals surface area contributed by atoms with Crippen LogP contribution < -0.4 is 28.5 Å². The number of hydrogen-bond acceptors (Lipinski definition) is 1. The molecule has 3 aromatic rings. The fraction of sp³-hybridized carbons (Fsp3) is 0.0714. The van der Waals surface area contributed by atoms with Crippen molar-refractivity contribution < 1.29 is 33.0 Å². The monoisotopic (exact) mass is 337 g/mol. The zero-order chi connectivity index (χ0) is 11.0. The maximum Gasteiger partial charge on any atom is 0.169 e. The molecule has 3 rings (SSSR count). The molecule has 0 fully saturated rings. The highest BCUT2D eigenvalue weighted by Gasteiger charge is 2.07. The second-order valence-corrected chi connectivity index (χ2v) is 3.90. The zero-order valence-electron chi connectivity index (χ0n) is 9.43. The van der Waals surface area contributed by atoms with Gasteiger partial charge in [0.05, 0.1) is 6.26 Å². The van der Waals surface area contributed by atoms with Crippen LogP contribution >= 0.6 is 0 Å². The lowest BCUT2D eigenvalue weighted by Crippen LogP contribution is -3.00. The Hall–Kier alpha value is -1.36. The molecular weight excluding hydrogens is 325 g/mol. The molecule has 2 aromatic heterocycles. The molecule has 2 nitrogen and oxygen atoms in total. The van der Waals surface area contributed by atoms with Crippen LogP contribution in [0.25, 0.3) is 22.1 Å². The Morgan fingerprint density at radius 1 is 1.00 bits per heavy atom. The minimum atomic E-state index is 0. The van der Waals surface area contributed by atoms with Gasteiger partial charge in [-0.15, -0.1) is 0 Å². The minimum absolute atomic E-state index is 0. The third-order valence-corrected chi connectivity index (χ3v) is 2.77. The number of benzene rings is 1. The van der Waals surface area contributed by atoms with E-state index in [1.165, 1.54) is 5.56 Å². The van der Waals surface area contributed by atoms with Crippen LogP contribution in [0.2, 0.25) is 0 Å². The molecule has 0 bridgehead atoms.